The van der Waals surface area contributed by atoms with Gasteiger partial charge >= 0.3 is 0 Å². The molecule has 1 aromatic rings. The lowest BCUT2D eigenvalue weighted by Crippen LogP contribution is -2.24. The van der Waals surface area contributed by atoms with E-state index < -0.39 is 0 Å². The molecule has 0 radical (unpaired) electrons. The van der Waals surface area contributed by atoms with Crippen molar-refractivity contribution in [3.05, 3.63) is 23.8 Å². The normalized spacial score (nSPS) is 17.5. The highest BCUT2D eigenvalue weighted by molar-refractivity contribution is 5.68. The Morgan fingerprint density at radius 3 is 2.33 bits per heavy atom. The van der Waals surface area contributed by atoms with Crippen molar-refractivity contribution in [3.63, 3.8) is 0 Å². The fourth-order valence-electron chi connectivity index (χ4n) is 2.27. The summed E-state index contributed by atoms with van der Waals surface area (Å²) < 4.78 is 0. The molecule has 15 heavy (non-hydrogen) atoms. The number of aryl methyl sites for hydroxylation is 1. The minimum atomic E-state index is 0.928. The topological polar surface area (TPSA) is 29.3 Å². The summed E-state index contributed by atoms with van der Waals surface area (Å²) in [6, 6.07) is 6.38. The predicted octanol–water partition coefficient (Wildman–Crippen LogP) is 2.96. The van der Waals surface area contributed by atoms with Crippen molar-refractivity contribution in [3.8, 4) is 0 Å². The number of nitrogens with two attached hydrogens (primary N) is 1. The standard InChI is InChI=1S/C13H20N2/c1-11-6-7-13(12(14)10-11)15-8-4-2-3-5-9-15/h6-7,10H,2-5,8-9,14H2,1H3. The van der Waals surface area contributed by atoms with Crippen molar-refractivity contribution < 1.29 is 0 Å². The second kappa shape index (κ2) is 4.56. The molecule has 2 nitrogen and oxygen atoms in total. The van der Waals surface area contributed by atoms with Gasteiger partial charge in [0.05, 0.1) is 11.4 Å². The third kappa shape index (κ3) is 2.44. The first-order valence-corrected chi connectivity index (χ1v) is 5.88. The van der Waals surface area contributed by atoms with Gasteiger partial charge in [-0.05, 0) is 37.5 Å². The lowest BCUT2D eigenvalue weighted by atomic mass is 10.1. The summed E-state index contributed by atoms with van der Waals surface area (Å²) >= 11 is 0. The van der Waals surface area contributed by atoms with E-state index in [9.17, 15) is 0 Å². The van der Waals surface area contributed by atoms with E-state index in [0.717, 1.165) is 18.8 Å². The lowest BCUT2D eigenvalue weighted by Gasteiger charge is -2.24. The van der Waals surface area contributed by atoms with Gasteiger partial charge in [-0.2, -0.15) is 0 Å². The number of rotatable bonds is 1. The van der Waals surface area contributed by atoms with Crippen LogP contribution in [0, 0.1) is 6.92 Å². The minimum Gasteiger partial charge on any atom is -0.397 e. The molecule has 1 saturated heterocycles. The van der Waals surface area contributed by atoms with Crippen molar-refractivity contribution in [2.75, 3.05) is 23.7 Å². The Kier molecular flexibility index (Phi) is 3.14. The summed E-state index contributed by atoms with van der Waals surface area (Å²) in [6.07, 6.45) is 5.32. The Bertz CT molecular complexity index is 325. The summed E-state index contributed by atoms with van der Waals surface area (Å²) in [6.45, 7) is 4.41. The second-order valence-corrected chi connectivity index (χ2v) is 4.46. The van der Waals surface area contributed by atoms with Crippen LogP contribution in [0.4, 0.5) is 11.4 Å². The average molecular weight is 204 g/mol. The molecule has 1 aliphatic heterocycles. The molecule has 0 saturated carbocycles. The smallest absolute Gasteiger partial charge is 0.0600 e. The summed E-state index contributed by atoms with van der Waals surface area (Å²) in [5, 5.41) is 0. The highest BCUT2D eigenvalue weighted by Gasteiger charge is 2.11. The van der Waals surface area contributed by atoms with Gasteiger partial charge in [-0.15, -0.1) is 0 Å². The first kappa shape index (κ1) is 10.3. The third-order valence-corrected chi connectivity index (χ3v) is 3.13. The molecular weight excluding hydrogens is 184 g/mol. The van der Waals surface area contributed by atoms with Crippen molar-refractivity contribution in [1.82, 2.24) is 0 Å². The summed E-state index contributed by atoms with van der Waals surface area (Å²) in [5.41, 5.74) is 9.46. The number of nitrogens with zero attached hydrogens (tertiary/aromatic N) is 1. The van der Waals surface area contributed by atoms with Gasteiger partial charge in [-0.1, -0.05) is 18.9 Å². The number of benzene rings is 1. The molecule has 0 amide bonds. The number of nitrogen functional groups attached to an aromatic ring is 1. The molecule has 0 bridgehead atoms. The lowest BCUT2D eigenvalue weighted by molar-refractivity contribution is 0.726. The molecule has 0 atom stereocenters. The zero-order valence-electron chi connectivity index (χ0n) is 9.50. The maximum atomic E-state index is 6.06. The molecule has 1 fully saturated rings. The van der Waals surface area contributed by atoms with Crippen LogP contribution in [0.1, 0.15) is 31.2 Å². The molecule has 1 aromatic carbocycles. The third-order valence-electron chi connectivity index (χ3n) is 3.13. The average Bonchev–Trinajstić information content (AvgIpc) is 2.46. The fraction of sp³-hybridized carbons (Fsp3) is 0.538. The largest absolute Gasteiger partial charge is 0.397 e. The Hall–Kier alpha value is -1.18. The highest BCUT2D eigenvalue weighted by atomic mass is 15.1. The highest BCUT2D eigenvalue weighted by Crippen LogP contribution is 2.26. The van der Waals surface area contributed by atoms with E-state index in [2.05, 4.69) is 30.0 Å². The van der Waals surface area contributed by atoms with Crippen LogP contribution in [0.25, 0.3) is 0 Å². The van der Waals surface area contributed by atoms with Crippen LogP contribution in [0.3, 0.4) is 0 Å². The maximum absolute atomic E-state index is 6.06. The van der Waals surface area contributed by atoms with Gasteiger partial charge in [0.25, 0.3) is 0 Å². The van der Waals surface area contributed by atoms with Crippen molar-refractivity contribution in [1.29, 1.82) is 0 Å². The van der Waals surface area contributed by atoms with Gasteiger partial charge in [-0.25, -0.2) is 0 Å². The Morgan fingerprint density at radius 1 is 1.07 bits per heavy atom. The molecule has 0 unspecified atom stereocenters. The van der Waals surface area contributed by atoms with Crippen LogP contribution in [-0.4, -0.2) is 13.1 Å². The first-order valence-electron chi connectivity index (χ1n) is 5.88. The van der Waals surface area contributed by atoms with Crippen molar-refractivity contribution in [2.24, 2.45) is 0 Å². The van der Waals surface area contributed by atoms with E-state index >= 15 is 0 Å². The van der Waals surface area contributed by atoms with Gasteiger partial charge in [-0.3, -0.25) is 0 Å². The molecule has 1 aliphatic rings. The van der Waals surface area contributed by atoms with E-state index in [-0.39, 0.29) is 0 Å². The van der Waals surface area contributed by atoms with Crippen LogP contribution >= 0.6 is 0 Å². The van der Waals surface area contributed by atoms with E-state index in [0.29, 0.717) is 0 Å². The summed E-state index contributed by atoms with van der Waals surface area (Å²) in [7, 11) is 0. The van der Waals surface area contributed by atoms with Crippen LogP contribution in [0.2, 0.25) is 0 Å². The first-order chi connectivity index (χ1) is 7.27. The summed E-state index contributed by atoms with van der Waals surface area (Å²) in [4.78, 5) is 2.43. The zero-order valence-corrected chi connectivity index (χ0v) is 9.50. The monoisotopic (exact) mass is 204 g/mol. The van der Waals surface area contributed by atoms with Crippen LogP contribution in [0.15, 0.2) is 18.2 Å². The fourth-order valence-corrected chi connectivity index (χ4v) is 2.27. The molecule has 2 N–H and O–H groups in total. The van der Waals surface area contributed by atoms with E-state index in [4.69, 9.17) is 5.73 Å². The molecule has 1 heterocycles. The van der Waals surface area contributed by atoms with Gasteiger partial charge in [0.2, 0.25) is 0 Å². The Labute approximate surface area is 92.1 Å². The number of anilines is 2. The van der Waals surface area contributed by atoms with E-state index in [1.165, 1.54) is 36.9 Å². The molecule has 2 heteroatoms. The molecule has 0 spiro atoms. The van der Waals surface area contributed by atoms with Gasteiger partial charge in [0.15, 0.2) is 0 Å². The van der Waals surface area contributed by atoms with Crippen molar-refractivity contribution >= 4 is 11.4 Å². The van der Waals surface area contributed by atoms with Gasteiger partial charge in [0, 0.05) is 13.1 Å². The molecule has 0 aliphatic carbocycles. The van der Waals surface area contributed by atoms with Crippen LogP contribution < -0.4 is 10.6 Å². The van der Waals surface area contributed by atoms with Crippen LogP contribution in [-0.2, 0) is 0 Å². The molecule has 82 valence electrons. The van der Waals surface area contributed by atoms with Gasteiger partial charge in [0.1, 0.15) is 0 Å². The van der Waals surface area contributed by atoms with Crippen LogP contribution in [0.5, 0.6) is 0 Å². The summed E-state index contributed by atoms with van der Waals surface area (Å²) in [5.74, 6) is 0. The minimum absolute atomic E-state index is 0.928. The maximum Gasteiger partial charge on any atom is 0.0600 e. The number of hydrogen-bond donors (Lipinski definition) is 1. The predicted molar refractivity (Wildman–Crippen MR) is 66.3 cm³/mol. The number of hydrogen-bond acceptors (Lipinski definition) is 2. The Balaban J connectivity index is 2.19. The molecular formula is C13H20N2. The van der Waals surface area contributed by atoms with E-state index in [1.807, 2.05) is 0 Å². The second-order valence-electron chi connectivity index (χ2n) is 4.46. The SMILES string of the molecule is Cc1ccc(N2CCCCCC2)c(N)c1. The zero-order chi connectivity index (χ0) is 10.7. The molecule has 2 rings (SSSR count). The van der Waals surface area contributed by atoms with E-state index in [1.54, 1.807) is 0 Å². The quantitative estimate of drug-likeness (QED) is 0.713. The molecule has 0 aromatic heterocycles. The van der Waals surface area contributed by atoms with Crippen molar-refractivity contribution in [2.45, 2.75) is 32.6 Å². The Morgan fingerprint density at radius 2 is 1.73 bits per heavy atom. The van der Waals surface area contributed by atoms with Gasteiger partial charge < -0.3 is 10.6 Å².